The van der Waals surface area contributed by atoms with Gasteiger partial charge in [-0.2, -0.15) is 5.26 Å². The van der Waals surface area contributed by atoms with Gasteiger partial charge in [0.05, 0.1) is 25.9 Å². The van der Waals surface area contributed by atoms with Crippen LogP contribution in [0.5, 0.6) is 0 Å². The highest BCUT2D eigenvalue weighted by Crippen LogP contribution is 1.96. The minimum Gasteiger partial charge on any atom is -0.385 e. The van der Waals surface area contributed by atoms with E-state index in [2.05, 4.69) is 0 Å². The Hall–Kier alpha value is -0.670. The van der Waals surface area contributed by atoms with Crippen LogP contribution in [0, 0.1) is 11.3 Å². The lowest BCUT2D eigenvalue weighted by Crippen LogP contribution is -2.39. The molecule has 0 amide bonds. The predicted octanol–water partition coefficient (Wildman–Crippen LogP) is 0.297. The Morgan fingerprint density at radius 2 is 1.87 bits per heavy atom. The van der Waals surface area contributed by atoms with Crippen molar-refractivity contribution in [2.75, 3.05) is 40.1 Å². The van der Waals surface area contributed by atoms with Crippen LogP contribution in [0.25, 0.3) is 0 Å². The molecule has 0 aromatic rings. The van der Waals surface area contributed by atoms with Gasteiger partial charge in [0.15, 0.2) is 0 Å². The van der Waals surface area contributed by atoms with Crippen LogP contribution in [-0.2, 0) is 14.2 Å². The standard InChI is InChI=1S/C10H20N2O3/c1-10(12,8-11)9-15-7-6-14-5-3-4-13-2/h3-7,9,12H2,1-2H3. The summed E-state index contributed by atoms with van der Waals surface area (Å²) in [6, 6.07) is 1.96. The molecule has 1 atom stereocenters. The summed E-state index contributed by atoms with van der Waals surface area (Å²) in [6.07, 6.45) is 0.878. The number of rotatable bonds is 9. The number of ether oxygens (including phenoxy) is 3. The van der Waals surface area contributed by atoms with Gasteiger partial charge in [0, 0.05) is 20.3 Å². The maximum Gasteiger partial charge on any atom is 0.124 e. The van der Waals surface area contributed by atoms with Gasteiger partial charge in [-0.3, -0.25) is 0 Å². The molecular weight excluding hydrogens is 196 g/mol. The minimum absolute atomic E-state index is 0.227. The second-order valence-corrected chi connectivity index (χ2v) is 3.54. The molecular formula is C10H20N2O3. The third kappa shape index (κ3) is 9.63. The topological polar surface area (TPSA) is 77.5 Å². The van der Waals surface area contributed by atoms with Crippen LogP contribution in [0.2, 0.25) is 0 Å². The van der Waals surface area contributed by atoms with E-state index in [1.807, 2.05) is 6.07 Å². The van der Waals surface area contributed by atoms with E-state index in [1.54, 1.807) is 14.0 Å². The van der Waals surface area contributed by atoms with E-state index in [0.29, 0.717) is 26.4 Å². The van der Waals surface area contributed by atoms with E-state index < -0.39 is 5.54 Å². The number of nitrogens with two attached hydrogens (primary N) is 1. The third-order valence-electron chi connectivity index (χ3n) is 1.67. The van der Waals surface area contributed by atoms with Gasteiger partial charge in [0.25, 0.3) is 0 Å². The molecule has 0 aliphatic rings. The monoisotopic (exact) mass is 216 g/mol. The Labute approximate surface area is 91.1 Å². The second-order valence-electron chi connectivity index (χ2n) is 3.54. The number of nitrogens with zero attached hydrogens (tertiary/aromatic N) is 1. The molecule has 0 spiro atoms. The molecule has 0 radical (unpaired) electrons. The van der Waals surface area contributed by atoms with Crippen molar-refractivity contribution in [2.24, 2.45) is 5.73 Å². The van der Waals surface area contributed by atoms with Gasteiger partial charge in [0.1, 0.15) is 5.54 Å². The fourth-order valence-corrected chi connectivity index (χ4v) is 0.842. The first kappa shape index (κ1) is 14.3. The molecule has 1 unspecified atom stereocenters. The van der Waals surface area contributed by atoms with E-state index in [9.17, 15) is 0 Å². The summed E-state index contributed by atoms with van der Waals surface area (Å²) < 4.78 is 15.3. The molecule has 0 saturated carbocycles. The molecule has 88 valence electrons. The maximum absolute atomic E-state index is 8.59. The van der Waals surface area contributed by atoms with Gasteiger partial charge in [-0.1, -0.05) is 0 Å². The van der Waals surface area contributed by atoms with Gasteiger partial charge < -0.3 is 19.9 Å². The summed E-state index contributed by atoms with van der Waals surface area (Å²) in [4.78, 5) is 0. The van der Waals surface area contributed by atoms with Crippen LogP contribution in [0.15, 0.2) is 0 Å². The lowest BCUT2D eigenvalue weighted by atomic mass is 10.1. The molecule has 2 N–H and O–H groups in total. The second kappa shape index (κ2) is 8.62. The normalized spacial score (nSPS) is 14.5. The van der Waals surface area contributed by atoms with Crippen LogP contribution in [0.3, 0.4) is 0 Å². The first-order valence-corrected chi connectivity index (χ1v) is 4.97. The lowest BCUT2D eigenvalue weighted by Gasteiger charge is -2.15. The highest BCUT2D eigenvalue weighted by molar-refractivity contribution is 5.00. The average molecular weight is 216 g/mol. The molecule has 0 aromatic heterocycles. The van der Waals surface area contributed by atoms with Gasteiger partial charge in [-0.15, -0.1) is 0 Å². The van der Waals surface area contributed by atoms with Gasteiger partial charge >= 0.3 is 0 Å². The quantitative estimate of drug-likeness (QED) is 0.561. The molecule has 0 rings (SSSR count). The zero-order valence-corrected chi connectivity index (χ0v) is 9.49. The van der Waals surface area contributed by atoms with Crippen LogP contribution in [-0.4, -0.2) is 45.7 Å². The molecule has 5 heteroatoms. The van der Waals surface area contributed by atoms with E-state index in [0.717, 1.165) is 6.42 Å². The first-order chi connectivity index (χ1) is 7.12. The van der Waals surface area contributed by atoms with Crippen molar-refractivity contribution in [3.05, 3.63) is 0 Å². The molecule has 5 nitrogen and oxygen atoms in total. The summed E-state index contributed by atoms with van der Waals surface area (Å²) in [5.41, 5.74) is 4.65. The molecule has 15 heavy (non-hydrogen) atoms. The van der Waals surface area contributed by atoms with E-state index >= 15 is 0 Å². The summed E-state index contributed by atoms with van der Waals surface area (Å²) in [7, 11) is 1.66. The van der Waals surface area contributed by atoms with Gasteiger partial charge in [0.2, 0.25) is 0 Å². The van der Waals surface area contributed by atoms with E-state index in [-0.39, 0.29) is 6.61 Å². The van der Waals surface area contributed by atoms with Crippen molar-refractivity contribution in [1.29, 1.82) is 5.26 Å². The predicted molar refractivity (Wildman–Crippen MR) is 56.3 cm³/mol. The molecule has 0 saturated heterocycles. The number of nitriles is 1. The number of hydrogen-bond donors (Lipinski definition) is 1. The summed E-state index contributed by atoms with van der Waals surface area (Å²) in [6.45, 7) is 4.20. The van der Waals surface area contributed by atoms with E-state index in [1.165, 1.54) is 0 Å². The zero-order chi connectivity index (χ0) is 11.6. The number of methoxy groups -OCH3 is 1. The minimum atomic E-state index is -0.907. The maximum atomic E-state index is 8.59. The Morgan fingerprint density at radius 1 is 1.20 bits per heavy atom. The Balaban J connectivity index is 3.16. The van der Waals surface area contributed by atoms with Crippen LogP contribution >= 0.6 is 0 Å². The molecule has 0 aromatic carbocycles. The Morgan fingerprint density at radius 3 is 2.47 bits per heavy atom. The average Bonchev–Trinajstić information content (AvgIpc) is 2.22. The fourth-order valence-electron chi connectivity index (χ4n) is 0.842. The van der Waals surface area contributed by atoms with Crippen molar-refractivity contribution in [3.8, 4) is 6.07 Å². The van der Waals surface area contributed by atoms with Gasteiger partial charge in [-0.25, -0.2) is 0 Å². The summed E-state index contributed by atoms with van der Waals surface area (Å²) in [5.74, 6) is 0. The highest BCUT2D eigenvalue weighted by atomic mass is 16.5. The van der Waals surface area contributed by atoms with Crippen LogP contribution in [0.1, 0.15) is 13.3 Å². The van der Waals surface area contributed by atoms with E-state index in [4.69, 9.17) is 25.2 Å². The van der Waals surface area contributed by atoms with Crippen molar-refractivity contribution >= 4 is 0 Å². The number of hydrogen-bond acceptors (Lipinski definition) is 5. The van der Waals surface area contributed by atoms with Crippen molar-refractivity contribution in [1.82, 2.24) is 0 Å². The molecule has 0 aliphatic carbocycles. The van der Waals surface area contributed by atoms with Gasteiger partial charge in [-0.05, 0) is 13.3 Å². The lowest BCUT2D eigenvalue weighted by molar-refractivity contribution is 0.0309. The Bertz CT molecular complexity index is 190. The summed E-state index contributed by atoms with van der Waals surface area (Å²) >= 11 is 0. The summed E-state index contributed by atoms with van der Waals surface area (Å²) in [5, 5.41) is 8.59. The molecule has 0 bridgehead atoms. The molecule has 0 aliphatic heterocycles. The van der Waals surface area contributed by atoms with Crippen molar-refractivity contribution < 1.29 is 14.2 Å². The van der Waals surface area contributed by atoms with Crippen LogP contribution in [0.4, 0.5) is 0 Å². The zero-order valence-electron chi connectivity index (χ0n) is 9.49. The third-order valence-corrected chi connectivity index (χ3v) is 1.67. The highest BCUT2D eigenvalue weighted by Gasteiger charge is 2.16. The largest absolute Gasteiger partial charge is 0.385 e. The van der Waals surface area contributed by atoms with Crippen LogP contribution < -0.4 is 5.73 Å². The Kier molecular flexibility index (Phi) is 8.24. The first-order valence-electron chi connectivity index (χ1n) is 4.97. The SMILES string of the molecule is COCCCOCCOCC(C)(N)C#N. The molecule has 0 fully saturated rings. The van der Waals surface area contributed by atoms with Crippen molar-refractivity contribution in [3.63, 3.8) is 0 Å². The molecule has 0 heterocycles. The smallest absolute Gasteiger partial charge is 0.124 e. The fraction of sp³-hybridized carbons (Fsp3) is 0.900. The van der Waals surface area contributed by atoms with Crippen molar-refractivity contribution in [2.45, 2.75) is 18.9 Å².